The van der Waals surface area contributed by atoms with Crippen LogP contribution in [0.3, 0.4) is 0 Å². The third-order valence-corrected chi connectivity index (χ3v) is 4.11. The number of rotatable bonds is 3. The van der Waals surface area contributed by atoms with Crippen molar-refractivity contribution in [3.8, 4) is 0 Å². The standard InChI is InChI=1S/C15H23N3O/c1-3-11-4-6-13(7-5-11)18-15(19)14-8-12(16)9-17-10(14)2/h8-9,11,13H,3-7,16H2,1-2H3,(H,18,19). The zero-order valence-electron chi connectivity index (χ0n) is 11.8. The Kier molecular flexibility index (Phi) is 4.40. The summed E-state index contributed by atoms with van der Waals surface area (Å²) in [5, 5.41) is 3.11. The Hall–Kier alpha value is -1.58. The first kappa shape index (κ1) is 13.8. The Balaban J connectivity index is 1.96. The second kappa shape index (κ2) is 6.04. The SMILES string of the molecule is CCC1CCC(NC(=O)c2cc(N)cnc2C)CC1. The molecule has 1 aliphatic rings. The molecule has 1 aromatic rings. The van der Waals surface area contributed by atoms with Crippen LogP contribution < -0.4 is 11.1 Å². The van der Waals surface area contributed by atoms with Gasteiger partial charge in [-0.25, -0.2) is 0 Å². The normalized spacial score (nSPS) is 23.1. The highest BCUT2D eigenvalue weighted by molar-refractivity contribution is 5.96. The number of nitrogens with two attached hydrogens (primary N) is 1. The summed E-state index contributed by atoms with van der Waals surface area (Å²) in [5.41, 5.74) is 7.55. The molecule has 1 fully saturated rings. The largest absolute Gasteiger partial charge is 0.397 e. The van der Waals surface area contributed by atoms with Crippen molar-refractivity contribution in [2.45, 2.75) is 52.0 Å². The summed E-state index contributed by atoms with van der Waals surface area (Å²) in [6.07, 6.45) is 7.43. The fourth-order valence-electron chi connectivity index (χ4n) is 2.76. The van der Waals surface area contributed by atoms with E-state index >= 15 is 0 Å². The lowest BCUT2D eigenvalue weighted by atomic mass is 9.84. The van der Waals surface area contributed by atoms with E-state index in [9.17, 15) is 4.79 Å². The number of amides is 1. The van der Waals surface area contributed by atoms with Gasteiger partial charge in [-0.15, -0.1) is 0 Å². The molecule has 1 heterocycles. The molecule has 0 spiro atoms. The van der Waals surface area contributed by atoms with Gasteiger partial charge in [-0.3, -0.25) is 9.78 Å². The number of nitrogens with one attached hydrogen (secondary N) is 1. The third kappa shape index (κ3) is 3.46. The minimum absolute atomic E-state index is 0.0442. The molecule has 4 heteroatoms. The van der Waals surface area contributed by atoms with Crippen LogP contribution in [0, 0.1) is 12.8 Å². The van der Waals surface area contributed by atoms with Gasteiger partial charge in [0, 0.05) is 6.04 Å². The first-order chi connectivity index (χ1) is 9.10. The molecular weight excluding hydrogens is 238 g/mol. The highest BCUT2D eigenvalue weighted by Gasteiger charge is 2.22. The molecule has 3 N–H and O–H groups in total. The quantitative estimate of drug-likeness (QED) is 0.879. The number of nitrogens with zero attached hydrogens (tertiary/aromatic N) is 1. The maximum Gasteiger partial charge on any atom is 0.253 e. The number of anilines is 1. The topological polar surface area (TPSA) is 68.0 Å². The second-order valence-corrected chi connectivity index (χ2v) is 5.50. The molecule has 0 aromatic carbocycles. The van der Waals surface area contributed by atoms with E-state index in [-0.39, 0.29) is 5.91 Å². The van der Waals surface area contributed by atoms with Crippen LogP contribution in [-0.4, -0.2) is 16.9 Å². The molecule has 19 heavy (non-hydrogen) atoms. The van der Waals surface area contributed by atoms with Gasteiger partial charge in [0.05, 0.1) is 23.1 Å². The van der Waals surface area contributed by atoms with Gasteiger partial charge in [0.1, 0.15) is 0 Å². The van der Waals surface area contributed by atoms with E-state index in [1.807, 2.05) is 6.92 Å². The predicted molar refractivity (Wildman–Crippen MR) is 76.9 cm³/mol. The van der Waals surface area contributed by atoms with E-state index in [1.165, 1.54) is 19.3 Å². The van der Waals surface area contributed by atoms with E-state index in [1.54, 1.807) is 12.3 Å². The minimum Gasteiger partial charge on any atom is -0.397 e. The number of carbonyl (C=O) groups excluding carboxylic acids is 1. The van der Waals surface area contributed by atoms with Crippen molar-refractivity contribution in [1.29, 1.82) is 0 Å². The molecule has 0 bridgehead atoms. The van der Waals surface area contributed by atoms with Gasteiger partial charge in [-0.2, -0.15) is 0 Å². The van der Waals surface area contributed by atoms with E-state index in [0.717, 1.165) is 24.5 Å². The lowest BCUT2D eigenvalue weighted by molar-refractivity contribution is 0.0920. The molecule has 0 saturated heterocycles. The number of aromatic nitrogens is 1. The number of pyridine rings is 1. The van der Waals surface area contributed by atoms with Gasteiger partial charge >= 0.3 is 0 Å². The molecule has 1 saturated carbocycles. The molecule has 104 valence electrons. The number of aryl methyl sites for hydroxylation is 1. The van der Waals surface area contributed by atoms with Crippen molar-refractivity contribution in [3.05, 3.63) is 23.5 Å². The summed E-state index contributed by atoms with van der Waals surface area (Å²) in [6.45, 7) is 4.08. The van der Waals surface area contributed by atoms with Gasteiger partial charge in [0.25, 0.3) is 5.91 Å². The first-order valence-electron chi connectivity index (χ1n) is 7.13. The zero-order chi connectivity index (χ0) is 13.8. The highest BCUT2D eigenvalue weighted by Crippen LogP contribution is 2.26. The van der Waals surface area contributed by atoms with E-state index in [4.69, 9.17) is 5.73 Å². The maximum absolute atomic E-state index is 12.2. The van der Waals surface area contributed by atoms with Crippen molar-refractivity contribution in [1.82, 2.24) is 10.3 Å². The van der Waals surface area contributed by atoms with Crippen LogP contribution in [0.1, 0.15) is 55.1 Å². The van der Waals surface area contributed by atoms with Crippen LogP contribution in [0.2, 0.25) is 0 Å². The molecular formula is C15H23N3O. The number of hydrogen-bond acceptors (Lipinski definition) is 3. The Morgan fingerprint density at radius 3 is 2.74 bits per heavy atom. The summed E-state index contributed by atoms with van der Waals surface area (Å²) in [5.74, 6) is 0.793. The summed E-state index contributed by atoms with van der Waals surface area (Å²) in [7, 11) is 0. The van der Waals surface area contributed by atoms with Gasteiger partial charge in [0.15, 0.2) is 0 Å². The van der Waals surface area contributed by atoms with Crippen molar-refractivity contribution in [3.63, 3.8) is 0 Å². The molecule has 1 amide bonds. The van der Waals surface area contributed by atoms with E-state index in [0.29, 0.717) is 17.3 Å². The van der Waals surface area contributed by atoms with E-state index < -0.39 is 0 Å². The van der Waals surface area contributed by atoms with Crippen LogP contribution in [0.15, 0.2) is 12.3 Å². The minimum atomic E-state index is -0.0442. The highest BCUT2D eigenvalue weighted by atomic mass is 16.1. The van der Waals surface area contributed by atoms with Crippen molar-refractivity contribution < 1.29 is 4.79 Å². The number of hydrogen-bond donors (Lipinski definition) is 2. The fourth-order valence-corrected chi connectivity index (χ4v) is 2.76. The van der Waals surface area contributed by atoms with E-state index in [2.05, 4.69) is 17.2 Å². The Bertz CT molecular complexity index is 451. The lowest BCUT2D eigenvalue weighted by Crippen LogP contribution is -2.38. The van der Waals surface area contributed by atoms with Crippen molar-refractivity contribution >= 4 is 11.6 Å². The average Bonchev–Trinajstić information content (AvgIpc) is 2.42. The monoisotopic (exact) mass is 261 g/mol. The molecule has 0 atom stereocenters. The number of nitrogen functional groups attached to an aromatic ring is 1. The third-order valence-electron chi connectivity index (χ3n) is 4.11. The Morgan fingerprint density at radius 1 is 1.42 bits per heavy atom. The van der Waals surface area contributed by atoms with Crippen LogP contribution in [0.5, 0.6) is 0 Å². The second-order valence-electron chi connectivity index (χ2n) is 5.50. The lowest BCUT2D eigenvalue weighted by Gasteiger charge is -2.28. The van der Waals surface area contributed by atoms with Gasteiger partial charge in [-0.05, 0) is 44.6 Å². The summed E-state index contributed by atoms with van der Waals surface area (Å²) in [4.78, 5) is 16.4. The van der Waals surface area contributed by atoms with Gasteiger partial charge < -0.3 is 11.1 Å². The Labute approximate surface area is 114 Å². The van der Waals surface area contributed by atoms with Gasteiger partial charge in [0.2, 0.25) is 0 Å². The number of carbonyl (C=O) groups is 1. The maximum atomic E-state index is 12.2. The molecule has 1 aliphatic carbocycles. The smallest absolute Gasteiger partial charge is 0.253 e. The first-order valence-corrected chi connectivity index (χ1v) is 7.13. The summed E-state index contributed by atoms with van der Waals surface area (Å²) < 4.78 is 0. The molecule has 0 unspecified atom stereocenters. The van der Waals surface area contributed by atoms with Crippen LogP contribution in [0.25, 0.3) is 0 Å². The fraction of sp³-hybridized carbons (Fsp3) is 0.600. The molecule has 1 aromatic heterocycles. The molecule has 4 nitrogen and oxygen atoms in total. The van der Waals surface area contributed by atoms with Crippen LogP contribution >= 0.6 is 0 Å². The molecule has 2 rings (SSSR count). The summed E-state index contributed by atoms with van der Waals surface area (Å²) >= 11 is 0. The molecule has 0 radical (unpaired) electrons. The Morgan fingerprint density at radius 2 is 2.11 bits per heavy atom. The average molecular weight is 261 g/mol. The molecule has 0 aliphatic heterocycles. The predicted octanol–water partition coefficient (Wildman–Crippen LogP) is 2.67. The van der Waals surface area contributed by atoms with Crippen molar-refractivity contribution in [2.24, 2.45) is 5.92 Å². The summed E-state index contributed by atoms with van der Waals surface area (Å²) in [6, 6.07) is 2.01. The van der Waals surface area contributed by atoms with Crippen LogP contribution in [-0.2, 0) is 0 Å². The van der Waals surface area contributed by atoms with Gasteiger partial charge in [-0.1, -0.05) is 13.3 Å². The van der Waals surface area contributed by atoms with Crippen molar-refractivity contribution in [2.75, 3.05) is 5.73 Å². The zero-order valence-corrected chi connectivity index (χ0v) is 11.8. The van der Waals surface area contributed by atoms with Crippen LogP contribution in [0.4, 0.5) is 5.69 Å².